The fraction of sp³-hybridized carbons (Fsp3) is 0.333. The molecule has 1 aromatic carbocycles. The zero-order valence-corrected chi connectivity index (χ0v) is 9.54. The Kier molecular flexibility index (Phi) is 2.04. The van der Waals surface area contributed by atoms with Crippen molar-refractivity contribution in [3.8, 4) is 0 Å². The van der Waals surface area contributed by atoms with Crippen LogP contribution in [0.25, 0.3) is 11.1 Å². The molecule has 4 heteroatoms. The molecule has 1 heterocycles. The Balaban J connectivity index is 2.15. The molecule has 1 aromatic heterocycles. The van der Waals surface area contributed by atoms with E-state index in [2.05, 4.69) is 4.98 Å². The number of hydrogen-bond donors (Lipinski definition) is 0. The molecule has 1 fully saturated rings. The Morgan fingerprint density at radius 2 is 2.25 bits per heavy atom. The van der Waals surface area contributed by atoms with Crippen LogP contribution in [0.4, 0.5) is 0 Å². The van der Waals surface area contributed by atoms with Crippen molar-refractivity contribution < 1.29 is 9.21 Å². The van der Waals surface area contributed by atoms with Gasteiger partial charge in [0.15, 0.2) is 17.3 Å². The maximum absolute atomic E-state index is 11.9. The minimum atomic E-state index is 0.165. The lowest BCUT2D eigenvalue weighted by Gasteiger charge is -1.99. The first-order valence-electron chi connectivity index (χ1n) is 5.26. The summed E-state index contributed by atoms with van der Waals surface area (Å²) in [5.74, 6) is 0.920. The third kappa shape index (κ3) is 1.52. The van der Waals surface area contributed by atoms with Gasteiger partial charge >= 0.3 is 0 Å². The summed E-state index contributed by atoms with van der Waals surface area (Å²) in [7, 11) is 0. The number of carbonyl (C=O) groups excluding carboxylic acids is 1. The highest BCUT2D eigenvalue weighted by Crippen LogP contribution is 2.34. The summed E-state index contributed by atoms with van der Waals surface area (Å²) in [6, 6.07) is 3.42. The summed E-state index contributed by atoms with van der Waals surface area (Å²) in [6.45, 7) is 1.76. The van der Waals surface area contributed by atoms with Gasteiger partial charge in [0, 0.05) is 18.4 Å². The van der Waals surface area contributed by atoms with Gasteiger partial charge < -0.3 is 4.42 Å². The van der Waals surface area contributed by atoms with Crippen LogP contribution in [0.15, 0.2) is 16.5 Å². The fourth-order valence-electron chi connectivity index (χ4n) is 1.82. The lowest BCUT2D eigenvalue weighted by Crippen LogP contribution is -2.00. The second-order valence-electron chi connectivity index (χ2n) is 4.18. The number of carbonyl (C=O) groups is 1. The van der Waals surface area contributed by atoms with Crippen molar-refractivity contribution in [1.82, 2.24) is 4.98 Å². The van der Waals surface area contributed by atoms with E-state index in [1.165, 1.54) is 0 Å². The highest BCUT2D eigenvalue weighted by atomic mass is 35.5. The first-order valence-corrected chi connectivity index (χ1v) is 5.64. The number of hydrogen-bond acceptors (Lipinski definition) is 3. The normalized spacial score (nSPS) is 15.6. The first-order chi connectivity index (χ1) is 7.65. The molecule has 0 saturated heterocycles. The minimum absolute atomic E-state index is 0.165. The topological polar surface area (TPSA) is 43.1 Å². The number of fused-ring (bicyclic) bond motifs is 1. The van der Waals surface area contributed by atoms with E-state index in [0.717, 1.165) is 12.8 Å². The van der Waals surface area contributed by atoms with Gasteiger partial charge in [-0.15, -0.1) is 0 Å². The van der Waals surface area contributed by atoms with Crippen molar-refractivity contribution in [3.05, 3.63) is 28.6 Å². The SMILES string of the molecule is Cc1nc2c(Cl)cc(C(=O)C3CC3)cc2o1. The van der Waals surface area contributed by atoms with E-state index in [4.69, 9.17) is 16.0 Å². The van der Waals surface area contributed by atoms with E-state index in [9.17, 15) is 4.79 Å². The average molecular weight is 236 g/mol. The molecule has 3 nitrogen and oxygen atoms in total. The maximum atomic E-state index is 11.9. The van der Waals surface area contributed by atoms with Crippen molar-refractivity contribution >= 4 is 28.5 Å². The number of ketones is 1. The smallest absolute Gasteiger partial charge is 0.192 e. The molecule has 1 aliphatic rings. The standard InChI is InChI=1S/C12H10ClNO2/c1-6-14-11-9(13)4-8(5-10(11)16-6)12(15)7-2-3-7/h4-5,7H,2-3H2,1H3. The summed E-state index contributed by atoms with van der Waals surface area (Å²) >= 11 is 6.07. The highest BCUT2D eigenvalue weighted by molar-refractivity contribution is 6.35. The zero-order chi connectivity index (χ0) is 11.3. The Morgan fingerprint density at radius 1 is 1.50 bits per heavy atom. The second kappa shape index (κ2) is 3.32. The summed E-state index contributed by atoms with van der Waals surface area (Å²) in [5.41, 5.74) is 1.86. The first kappa shape index (κ1) is 9.85. The minimum Gasteiger partial charge on any atom is -0.441 e. The van der Waals surface area contributed by atoms with Crippen molar-refractivity contribution in [3.63, 3.8) is 0 Å². The average Bonchev–Trinajstić information content (AvgIpc) is 3.00. The van der Waals surface area contributed by atoms with Crippen LogP contribution < -0.4 is 0 Å². The second-order valence-corrected chi connectivity index (χ2v) is 4.58. The van der Waals surface area contributed by atoms with E-state index in [1.807, 2.05) is 0 Å². The molecule has 0 aliphatic heterocycles. The van der Waals surface area contributed by atoms with Gasteiger partial charge in [0.25, 0.3) is 0 Å². The molecule has 3 rings (SSSR count). The quantitative estimate of drug-likeness (QED) is 0.750. The molecule has 0 amide bonds. The Hall–Kier alpha value is -1.35. The number of benzene rings is 1. The molecular formula is C12H10ClNO2. The number of Topliss-reactive ketones (excluding diaryl/α,β-unsaturated/α-hetero) is 1. The van der Waals surface area contributed by atoms with E-state index < -0.39 is 0 Å². The van der Waals surface area contributed by atoms with Crippen molar-refractivity contribution in [2.75, 3.05) is 0 Å². The number of aromatic nitrogens is 1. The fourth-order valence-corrected chi connectivity index (χ4v) is 2.08. The van der Waals surface area contributed by atoms with Crippen LogP contribution in [-0.4, -0.2) is 10.8 Å². The molecule has 0 spiro atoms. The van der Waals surface area contributed by atoms with Crippen LogP contribution in [0.3, 0.4) is 0 Å². The Morgan fingerprint density at radius 3 is 2.94 bits per heavy atom. The van der Waals surface area contributed by atoms with Gasteiger partial charge in [0.2, 0.25) is 0 Å². The predicted molar refractivity (Wildman–Crippen MR) is 60.8 cm³/mol. The molecule has 1 saturated carbocycles. The van der Waals surface area contributed by atoms with E-state index in [-0.39, 0.29) is 11.7 Å². The molecule has 16 heavy (non-hydrogen) atoms. The molecule has 0 radical (unpaired) electrons. The zero-order valence-electron chi connectivity index (χ0n) is 8.79. The molecular weight excluding hydrogens is 226 g/mol. The number of nitrogens with zero attached hydrogens (tertiary/aromatic N) is 1. The van der Waals surface area contributed by atoms with E-state index >= 15 is 0 Å². The van der Waals surface area contributed by atoms with Gasteiger partial charge in [0.1, 0.15) is 5.52 Å². The lowest BCUT2D eigenvalue weighted by molar-refractivity contribution is 0.0967. The van der Waals surface area contributed by atoms with E-state index in [0.29, 0.717) is 27.6 Å². The number of oxazole rings is 1. The van der Waals surface area contributed by atoms with Crippen molar-refractivity contribution in [1.29, 1.82) is 0 Å². The molecule has 0 bridgehead atoms. The van der Waals surface area contributed by atoms with Crippen LogP contribution in [0.1, 0.15) is 29.1 Å². The number of rotatable bonds is 2. The third-order valence-corrected chi connectivity index (χ3v) is 3.08. The van der Waals surface area contributed by atoms with Gasteiger partial charge in [-0.3, -0.25) is 4.79 Å². The van der Waals surface area contributed by atoms with Gasteiger partial charge in [0.05, 0.1) is 5.02 Å². The largest absolute Gasteiger partial charge is 0.441 e. The Bertz CT molecular complexity index is 584. The molecule has 0 N–H and O–H groups in total. The molecule has 2 aromatic rings. The van der Waals surface area contributed by atoms with Crippen LogP contribution in [0.5, 0.6) is 0 Å². The molecule has 1 aliphatic carbocycles. The van der Waals surface area contributed by atoms with Crippen molar-refractivity contribution in [2.24, 2.45) is 5.92 Å². The third-order valence-electron chi connectivity index (χ3n) is 2.79. The summed E-state index contributed by atoms with van der Waals surface area (Å²) < 4.78 is 5.39. The number of halogens is 1. The molecule has 0 unspecified atom stereocenters. The van der Waals surface area contributed by atoms with Crippen LogP contribution >= 0.6 is 11.6 Å². The molecule has 82 valence electrons. The summed E-state index contributed by atoms with van der Waals surface area (Å²) in [5, 5.41) is 0.485. The van der Waals surface area contributed by atoms with Crippen LogP contribution in [0, 0.1) is 12.8 Å². The Labute approximate surface area is 97.4 Å². The monoisotopic (exact) mass is 235 g/mol. The summed E-state index contributed by atoms with van der Waals surface area (Å²) in [6.07, 6.45) is 1.98. The predicted octanol–water partition coefficient (Wildman–Crippen LogP) is 3.38. The lowest BCUT2D eigenvalue weighted by atomic mass is 10.1. The highest BCUT2D eigenvalue weighted by Gasteiger charge is 2.31. The number of aryl methyl sites for hydroxylation is 1. The van der Waals surface area contributed by atoms with Gasteiger partial charge in [-0.1, -0.05) is 11.6 Å². The van der Waals surface area contributed by atoms with Crippen molar-refractivity contribution in [2.45, 2.75) is 19.8 Å². The van der Waals surface area contributed by atoms with E-state index in [1.54, 1.807) is 19.1 Å². The molecule has 0 atom stereocenters. The van der Waals surface area contributed by atoms with Gasteiger partial charge in [-0.05, 0) is 25.0 Å². The van der Waals surface area contributed by atoms with Crippen LogP contribution in [0.2, 0.25) is 5.02 Å². The maximum Gasteiger partial charge on any atom is 0.192 e. The van der Waals surface area contributed by atoms with Gasteiger partial charge in [-0.25, -0.2) is 4.98 Å². The van der Waals surface area contributed by atoms with Crippen LogP contribution in [-0.2, 0) is 0 Å². The summed E-state index contributed by atoms with van der Waals surface area (Å²) in [4.78, 5) is 16.1. The van der Waals surface area contributed by atoms with Gasteiger partial charge in [-0.2, -0.15) is 0 Å².